The van der Waals surface area contributed by atoms with Crippen LogP contribution in [0.4, 0.5) is 5.82 Å². The summed E-state index contributed by atoms with van der Waals surface area (Å²) in [6.07, 6.45) is 0. The summed E-state index contributed by atoms with van der Waals surface area (Å²) < 4.78 is 10.6. The number of rotatable bonds is 6. The quantitative estimate of drug-likeness (QED) is 0.516. The summed E-state index contributed by atoms with van der Waals surface area (Å²) in [5, 5.41) is 8.53. The number of ether oxygens (including phenoxy) is 1. The van der Waals surface area contributed by atoms with Crippen LogP contribution >= 0.6 is 0 Å². The fourth-order valence-electron chi connectivity index (χ4n) is 2.90. The maximum atomic E-state index is 5.48. The van der Waals surface area contributed by atoms with Crippen molar-refractivity contribution in [2.24, 2.45) is 0 Å². The predicted molar refractivity (Wildman–Crippen MR) is 106 cm³/mol. The lowest BCUT2D eigenvalue weighted by atomic mass is 10.1. The van der Waals surface area contributed by atoms with Gasteiger partial charge in [-0.3, -0.25) is 0 Å². The highest BCUT2D eigenvalue weighted by atomic mass is 16.5. The summed E-state index contributed by atoms with van der Waals surface area (Å²) in [5.74, 6) is 1.70. The zero-order valence-electron chi connectivity index (χ0n) is 15.3. The normalized spacial score (nSPS) is 11.0. The van der Waals surface area contributed by atoms with Crippen molar-refractivity contribution < 1.29 is 9.26 Å². The third kappa shape index (κ3) is 3.66. The van der Waals surface area contributed by atoms with Crippen molar-refractivity contribution in [2.75, 3.05) is 25.6 Å². The van der Waals surface area contributed by atoms with E-state index in [0.717, 1.165) is 22.0 Å². The number of pyridine rings is 1. The van der Waals surface area contributed by atoms with Crippen LogP contribution in [0.2, 0.25) is 0 Å². The molecule has 2 heterocycles. The van der Waals surface area contributed by atoms with E-state index >= 15 is 0 Å². The van der Waals surface area contributed by atoms with E-state index in [9.17, 15) is 0 Å². The van der Waals surface area contributed by atoms with E-state index in [2.05, 4.69) is 34.5 Å². The zero-order chi connectivity index (χ0) is 18.6. The van der Waals surface area contributed by atoms with Crippen LogP contribution in [-0.2, 0) is 4.74 Å². The number of aromatic nitrogens is 3. The Hall–Kier alpha value is -3.25. The minimum absolute atomic E-state index is 0.484. The van der Waals surface area contributed by atoms with Crippen LogP contribution < -0.4 is 5.32 Å². The molecular weight excluding hydrogens is 340 g/mol. The standard InChI is InChI=1S/C21H20N4O2/c1-14-8-9-18-16(12-14)13-17(19(23-18)22-10-11-26-2)20-24-21(27-25-20)15-6-4-3-5-7-15/h3-9,12-13H,10-11H2,1-2H3,(H,22,23). The first kappa shape index (κ1) is 17.2. The molecule has 136 valence electrons. The van der Waals surface area contributed by atoms with Crippen molar-refractivity contribution in [3.05, 3.63) is 60.2 Å². The Labute approximate surface area is 157 Å². The van der Waals surface area contributed by atoms with Gasteiger partial charge in [0, 0.05) is 24.6 Å². The van der Waals surface area contributed by atoms with Gasteiger partial charge in [-0.05, 0) is 37.3 Å². The maximum Gasteiger partial charge on any atom is 0.258 e. The van der Waals surface area contributed by atoms with E-state index < -0.39 is 0 Å². The highest BCUT2D eigenvalue weighted by Crippen LogP contribution is 2.30. The number of anilines is 1. The molecule has 0 aliphatic rings. The zero-order valence-corrected chi connectivity index (χ0v) is 15.3. The topological polar surface area (TPSA) is 73.1 Å². The van der Waals surface area contributed by atoms with E-state index in [0.29, 0.717) is 30.7 Å². The van der Waals surface area contributed by atoms with Gasteiger partial charge in [0.2, 0.25) is 5.82 Å². The second kappa shape index (κ2) is 7.55. The molecule has 4 aromatic rings. The van der Waals surface area contributed by atoms with E-state index in [4.69, 9.17) is 14.2 Å². The second-order valence-corrected chi connectivity index (χ2v) is 6.29. The van der Waals surface area contributed by atoms with Crippen LogP contribution in [0.5, 0.6) is 0 Å². The van der Waals surface area contributed by atoms with Gasteiger partial charge in [-0.15, -0.1) is 0 Å². The first-order valence-corrected chi connectivity index (χ1v) is 8.78. The van der Waals surface area contributed by atoms with Crippen molar-refractivity contribution >= 4 is 16.7 Å². The summed E-state index contributed by atoms with van der Waals surface area (Å²) in [6, 6.07) is 17.9. The van der Waals surface area contributed by atoms with E-state index in [1.807, 2.05) is 42.5 Å². The van der Waals surface area contributed by atoms with E-state index in [1.54, 1.807) is 7.11 Å². The molecule has 0 radical (unpaired) electrons. The molecule has 2 aromatic heterocycles. The molecule has 1 N–H and O–H groups in total. The van der Waals surface area contributed by atoms with Crippen molar-refractivity contribution in [1.82, 2.24) is 15.1 Å². The molecule has 0 spiro atoms. The molecule has 27 heavy (non-hydrogen) atoms. The summed E-state index contributed by atoms with van der Waals surface area (Å²) >= 11 is 0. The van der Waals surface area contributed by atoms with Crippen molar-refractivity contribution in [3.63, 3.8) is 0 Å². The van der Waals surface area contributed by atoms with Crippen molar-refractivity contribution in [3.8, 4) is 22.8 Å². The molecule has 6 nitrogen and oxygen atoms in total. The number of fused-ring (bicyclic) bond motifs is 1. The Morgan fingerprint density at radius 2 is 1.89 bits per heavy atom. The van der Waals surface area contributed by atoms with Crippen LogP contribution in [0.3, 0.4) is 0 Å². The first-order chi connectivity index (χ1) is 13.2. The van der Waals surface area contributed by atoms with Gasteiger partial charge >= 0.3 is 0 Å². The van der Waals surface area contributed by atoms with Gasteiger partial charge in [0.25, 0.3) is 5.89 Å². The average molecular weight is 360 g/mol. The van der Waals surface area contributed by atoms with Gasteiger partial charge in [-0.25, -0.2) is 4.98 Å². The Bertz CT molecular complexity index is 1060. The summed E-state index contributed by atoms with van der Waals surface area (Å²) in [5.41, 5.74) is 3.77. The monoisotopic (exact) mass is 360 g/mol. The molecule has 0 aliphatic carbocycles. The fraction of sp³-hybridized carbons (Fsp3) is 0.190. The highest BCUT2D eigenvalue weighted by Gasteiger charge is 2.16. The molecule has 2 aromatic carbocycles. The predicted octanol–water partition coefficient (Wildman–Crippen LogP) is 4.32. The molecule has 0 bridgehead atoms. The lowest BCUT2D eigenvalue weighted by Crippen LogP contribution is -2.10. The smallest absolute Gasteiger partial charge is 0.258 e. The lowest BCUT2D eigenvalue weighted by Gasteiger charge is -2.10. The number of methoxy groups -OCH3 is 1. The van der Waals surface area contributed by atoms with Crippen molar-refractivity contribution in [2.45, 2.75) is 6.92 Å². The van der Waals surface area contributed by atoms with E-state index in [1.165, 1.54) is 5.56 Å². The Morgan fingerprint density at radius 1 is 1.04 bits per heavy atom. The molecule has 4 rings (SSSR count). The molecule has 6 heteroatoms. The summed E-state index contributed by atoms with van der Waals surface area (Å²) in [7, 11) is 1.67. The molecule has 0 aliphatic heterocycles. The fourth-order valence-corrected chi connectivity index (χ4v) is 2.90. The number of aryl methyl sites for hydroxylation is 1. The molecule has 0 amide bonds. The maximum absolute atomic E-state index is 5.48. The van der Waals surface area contributed by atoms with Crippen molar-refractivity contribution in [1.29, 1.82) is 0 Å². The minimum Gasteiger partial charge on any atom is -0.383 e. The number of nitrogens with one attached hydrogen (secondary N) is 1. The summed E-state index contributed by atoms with van der Waals surface area (Å²) in [6.45, 7) is 3.28. The van der Waals surface area contributed by atoms with Gasteiger partial charge in [0.05, 0.1) is 17.7 Å². The SMILES string of the molecule is COCCNc1nc2ccc(C)cc2cc1-c1noc(-c2ccccc2)n1. The van der Waals surface area contributed by atoms with Gasteiger partial charge in [-0.2, -0.15) is 4.98 Å². The highest BCUT2D eigenvalue weighted by molar-refractivity contribution is 5.88. The Kier molecular flexibility index (Phi) is 4.80. The molecule has 0 saturated carbocycles. The first-order valence-electron chi connectivity index (χ1n) is 8.78. The number of benzene rings is 2. The third-order valence-electron chi connectivity index (χ3n) is 4.26. The summed E-state index contributed by atoms with van der Waals surface area (Å²) in [4.78, 5) is 9.34. The van der Waals surface area contributed by atoms with Gasteiger partial charge in [0.15, 0.2) is 0 Å². The second-order valence-electron chi connectivity index (χ2n) is 6.29. The van der Waals surface area contributed by atoms with Crippen LogP contribution in [0.25, 0.3) is 33.7 Å². The van der Waals surface area contributed by atoms with Crippen LogP contribution in [0.1, 0.15) is 5.56 Å². The number of hydrogen-bond donors (Lipinski definition) is 1. The Morgan fingerprint density at radius 3 is 2.70 bits per heavy atom. The van der Waals surface area contributed by atoms with Gasteiger partial charge < -0.3 is 14.6 Å². The number of hydrogen-bond acceptors (Lipinski definition) is 6. The van der Waals surface area contributed by atoms with Crippen LogP contribution in [-0.4, -0.2) is 35.4 Å². The van der Waals surface area contributed by atoms with Gasteiger partial charge in [-0.1, -0.05) is 35.0 Å². The van der Waals surface area contributed by atoms with Gasteiger partial charge in [0.1, 0.15) is 5.82 Å². The molecular formula is C21H20N4O2. The lowest BCUT2D eigenvalue weighted by molar-refractivity contribution is 0.210. The molecule has 0 atom stereocenters. The largest absolute Gasteiger partial charge is 0.383 e. The van der Waals surface area contributed by atoms with E-state index in [-0.39, 0.29) is 0 Å². The Balaban J connectivity index is 1.78. The molecule has 0 unspecified atom stereocenters. The molecule has 0 saturated heterocycles. The third-order valence-corrected chi connectivity index (χ3v) is 4.26. The van der Waals surface area contributed by atoms with Crippen LogP contribution in [0, 0.1) is 6.92 Å². The number of nitrogens with zero attached hydrogens (tertiary/aromatic N) is 3. The van der Waals surface area contributed by atoms with Crippen LogP contribution in [0.15, 0.2) is 59.1 Å². The minimum atomic E-state index is 0.484. The molecule has 0 fully saturated rings. The average Bonchev–Trinajstić information content (AvgIpc) is 3.18.